The molecule has 1 saturated heterocycles. The summed E-state index contributed by atoms with van der Waals surface area (Å²) in [4.78, 5) is 36.7. The molecule has 0 unspecified atom stereocenters. The quantitative estimate of drug-likeness (QED) is 0.525. The van der Waals surface area contributed by atoms with Gasteiger partial charge in [0.15, 0.2) is 0 Å². The fourth-order valence-electron chi connectivity index (χ4n) is 1.99. The van der Waals surface area contributed by atoms with Crippen molar-refractivity contribution in [3.05, 3.63) is 0 Å². The van der Waals surface area contributed by atoms with Crippen LogP contribution in [0.2, 0.25) is 0 Å². The van der Waals surface area contributed by atoms with E-state index in [1.807, 2.05) is 6.92 Å². The highest BCUT2D eigenvalue weighted by Crippen LogP contribution is 2.08. The van der Waals surface area contributed by atoms with Crippen LogP contribution in [0.3, 0.4) is 0 Å². The molecule has 1 fully saturated rings. The Morgan fingerprint density at radius 1 is 1.11 bits per heavy atom. The van der Waals surface area contributed by atoms with E-state index in [2.05, 4.69) is 0 Å². The lowest BCUT2D eigenvalue weighted by molar-refractivity contribution is -0.155. The van der Waals surface area contributed by atoms with Crippen LogP contribution < -0.4 is 0 Å². The molecule has 0 bridgehead atoms. The number of hydrogen-bond donors (Lipinski definition) is 1. The third-order valence-corrected chi connectivity index (χ3v) is 3.10. The number of piperazine rings is 1. The minimum atomic E-state index is -0.794. The van der Waals surface area contributed by atoms with E-state index in [0.29, 0.717) is 32.6 Å². The molecule has 0 aromatic rings. The second-order valence-electron chi connectivity index (χ2n) is 4.38. The second kappa shape index (κ2) is 6.98. The molecular formula is C12H20N2O4. The molecule has 1 rings (SSSR count). The van der Waals surface area contributed by atoms with Crippen molar-refractivity contribution < 1.29 is 19.5 Å². The van der Waals surface area contributed by atoms with E-state index >= 15 is 0 Å². The Hall–Kier alpha value is -1.59. The Balaban J connectivity index is 2.25. The zero-order valence-electron chi connectivity index (χ0n) is 10.7. The summed E-state index contributed by atoms with van der Waals surface area (Å²) < 4.78 is 0. The molecule has 1 aliphatic rings. The molecule has 0 aliphatic carbocycles. The summed E-state index contributed by atoms with van der Waals surface area (Å²) >= 11 is 0. The Morgan fingerprint density at radius 3 is 2.33 bits per heavy atom. The van der Waals surface area contributed by atoms with Gasteiger partial charge in [-0.25, -0.2) is 0 Å². The molecule has 102 valence electrons. The Morgan fingerprint density at radius 2 is 1.72 bits per heavy atom. The minimum Gasteiger partial charge on any atom is -0.481 e. The number of carboxylic acid groups (broad SMARTS) is 1. The number of hydrogen-bond acceptors (Lipinski definition) is 3. The first-order chi connectivity index (χ1) is 8.56. The first-order valence-corrected chi connectivity index (χ1v) is 6.36. The van der Waals surface area contributed by atoms with Gasteiger partial charge < -0.3 is 14.9 Å². The van der Waals surface area contributed by atoms with Gasteiger partial charge in [0.1, 0.15) is 0 Å². The van der Waals surface area contributed by atoms with Gasteiger partial charge in [-0.15, -0.1) is 0 Å². The molecule has 0 aromatic carbocycles. The van der Waals surface area contributed by atoms with Gasteiger partial charge in [-0.1, -0.05) is 6.42 Å². The monoisotopic (exact) mass is 256 g/mol. The van der Waals surface area contributed by atoms with E-state index in [9.17, 15) is 14.4 Å². The van der Waals surface area contributed by atoms with E-state index < -0.39 is 17.8 Å². The maximum atomic E-state index is 11.7. The van der Waals surface area contributed by atoms with Gasteiger partial charge in [-0.3, -0.25) is 14.4 Å². The lowest BCUT2D eigenvalue weighted by atomic mass is 10.1. The van der Waals surface area contributed by atoms with Gasteiger partial charge in [-0.05, 0) is 19.8 Å². The average molecular weight is 256 g/mol. The summed E-state index contributed by atoms with van der Waals surface area (Å²) in [7, 11) is 0. The molecule has 0 spiro atoms. The highest BCUT2D eigenvalue weighted by atomic mass is 16.4. The van der Waals surface area contributed by atoms with Gasteiger partial charge in [0.2, 0.25) is 0 Å². The Labute approximate surface area is 107 Å². The molecule has 6 heteroatoms. The number of likely N-dealkylation sites (N-methyl/N-ethyl adjacent to an activating group) is 1. The van der Waals surface area contributed by atoms with Crippen LogP contribution >= 0.6 is 0 Å². The molecule has 6 nitrogen and oxygen atoms in total. The van der Waals surface area contributed by atoms with Crippen LogP contribution in [0.5, 0.6) is 0 Å². The molecule has 1 N–H and O–H groups in total. The lowest BCUT2D eigenvalue weighted by Crippen LogP contribution is -2.54. The lowest BCUT2D eigenvalue weighted by Gasteiger charge is -2.33. The van der Waals surface area contributed by atoms with Crippen LogP contribution in [0.4, 0.5) is 0 Å². The Bertz CT molecular complexity index is 330. The maximum Gasteiger partial charge on any atom is 0.312 e. The zero-order valence-corrected chi connectivity index (χ0v) is 10.7. The van der Waals surface area contributed by atoms with Gasteiger partial charge in [-0.2, -0.15) is 0 Å². The molecular weight excluding hydrogens is 236 g/mol. The van der Waals surface area contributed by atoms with E-state index in [1.165, 1.54) is 0 Å². The minimum absolute atomic E-state index is 0.163. The standard InChI is InChI=1S/C12H20N2O4/c1-2-13-8-9-14(12(18)11(13)17)7-5-3-4-6-10(15)16/h2-9H2,1H3,(H,15,16). The van der Waals surface area contributed by atoms with Gasteiger partial charge in [0.05, 0.1) is 0 Å². The van der Waals surface area contributed by atoms with Crippen molar-refractivity contribution in [1.29, 1.82) is 0 Å². The molecule has 0 atom stereocenters. The van der Waals surface area contributed by atoms with Gasteiger partial charge in [0.25, 0.3) is 0 Å². The fraction of sp³-hybridized carbons (Fsp3) is 0.750. The summed E-state index contributed by atoms with van der Waals surface area (Å²) in [6.45, 7) is 4.14. The molecule has 0 radical (unpaired) electrons. The van der Waals surface area contributed by atoms with Crippen molar-refractivity contribution >= 4 is 17.8 Å². The van der Waals surface area contributed by atoms with Gasteiger partial charge in [0, 0.05) is 32.6 Å². The number of carbonyl (C=O) groups excluding carboxylic acids is 2. The van der Waals surface area contributed by atoms with E-state index in [4.69, 9.17) is 5.11 Å². The maximum absolute atomic E-state index is 11.7. The van der Waals surface area contributed by atoms with Crippen LogP contribution in [0.1, 0.15) is 32.6 Å². The van der Waals surface area contributed by atoms with E-state index in [1.54, 1.807) is 9.80 Å². The SMILES string of the molecule is CCN1CCN(CCCCCC(=O)O)C(=O)C1=O. The number of nitrogens with zero attached hydrogens (tertiary/aromatic N) is 2. The summed E-state index contributed by atoms with van der Waals surface area (Å²) in [5.74, 6) is -1.64. The smallest absolute Gasteiger partial charge is 0.312 e. The Kier molecular flexibility index (Phi) is 5.61. The third-order valence-electron chi connectivity index (χ3n) is 3.10. The van der Waals surface area contributed by atoms with Crippen LogP contribution in [-0.2, 0) is 14.4 Å². The highest BCUT2D eigenvalue weighted by molar-refractivity contribution is 6.35. The number of carbonyl (C=O) groups is 3. The molecule has 2 amide bonds. The first kappa shape index (κ1) is 14.5. The van der Waals surface area contributed by atoms with E-state index in [-0.39, 0.29) is 6.42 Å². The predicted molar refractivity (Wildman–Crippen MR) is 64.9 cm³/mol. The summed E-state index contributed by atoms with van der Waals surface area (Å²) in [5, 5.41) is 8.48. The predicted octanol–water partition coefficient (Wildman–Crippen LogP) is 0.322. The molecule has 0 saturated carbocycles. The molecule has 18 heavy (non-hydrogen) atoms. The largest absolute Gasteiger partial charge is 0.481 e. The van der Waals surface area contributed by atoms with Crippen LogP contribution in [-0.4, -0.2) is 58.9 Å². The number of unbranched alkanes of at least 4 members (excludes halogenated alkanes) is 2. The number of carboxylic acids is 1. The van der Waals surface area contributed by atoms with Crippen molar-refractivity contribution in [2.45, 2.75) is 32.6 Å². The highest BCUT2D eigenvalue weighted by Gasteiger charge is 2.30. The van der Waals surface area contributed by atoms with E-state index in [0.717, 1.165) is 12.8 Å². The van der Waals surface area contributed by atoms with Crippen LogP contribution in [0.15, 0.2) is 0 Å². The average Bonchev–Trinajstić information content (AvgIpc) is 2.33. The number of amides is 2. The van der Waals surface area contributed by atoms with Crippen molar-refractivity contribution in [3.63, 3.8) is 0 Å². The summed E-state index contributed by atoms with van der Waals surface area (Å²) in [5.41, 5.74) is 0. The first-order valence-electron chi connectivity index (χ1n) is 6.36. The van der Waals surface area contributed by atoms with Crippen LogP contribution in [0, 0.1) is 0 Å². The van der Waals surface area contributed by atoms with Crippen molar-refractivity contribution in [3.8, 4) is 0 Å². The number of aliphatic carboxylic acids is 1. The summed E-state index contributed by atoms with van der Waals surface area (Å²) in [6, 6.07) is 0. The zero-order chi connectivity index (χ0) is 13.5. The van der Waals surface area contributed by atoms with Crippen molar-refractivity contribution in [2.75, 3.05) is 26.2 Å². The molecule has 1 heterocycles. The molecule has 1 aliphatic heterocycles. The summed E-state index contributed by atoms with van der Waals surface area (Å²) in [6.07, 6.45) is 2.29. The molecule has 0 aromatic heterocycles. The van der Waals surface area contributed by atoms with Crippen molar-refractivity contribution in [2.24, 2.45) is 0 Å². The van der Waals surface area contributed by atoms with Crippen LogP contribution in [0.25, 0.3) is 0 Å². The van der Waals surface area contributed by atoms with Crippen molar-refractivity contribution in [1.82, 2.24) is 9.80 Å². The fourth-order valence-corrected chi connectivity index (χ4v) is 1.99. The normalized spacial score (nSPS) is 16.3. The third kappa shape index (κ3) is 4.01. The van der Waals surface area contributed by atoms with Gasteiger partial charge >= 0.3 is 17.8 Å². The number of rotatable bonds is 7. The topological polar surface area (TPSA) is 77.9 Å². The second-order valence-corrected chi connectivity index (χ2v) is 4.38.